The third-order valence-electron chi connectivity index (χ3n) is 3.76. The summed E-state index contributed by atoms with van der Waals surface area (Å²) in [5.41, 5.74) is 0.938. The third kappa shape index (κ3) is 3.96. The molecule has 21 heavy (non-hydrogen) atoms. The van der Waals surface area contributed by atoms with Crippen LogP contribution >= 0.6 is 0 Å². The van der Waals surface area contributed by atoms with Crippen molar-refractivity contribution in [2.75, 3.05) is 20.3 Å². The van der Waals surface area contributed by atoms with Crippen LogP contribution in [0.4, 0.5) is 0 Å². The minimum atomic E-state index is -3.37. The Morgan fingerprint density at radius 1 is 1.29 bits per heavy atom. The highest BCUT2D eigenvalue weighted by atomic mass is 32.2. The number of benzene rings is 1. The Kier molecular flexibility index (Phi) is 5.24. The average molecular weight is 313 g/mol. The third-order valence-corrected chi connectivity index (χ3v) is 5.59. The summed E-state index contributed by atoms with van der Waals surface area (Å²) < 4.78 is 38.0. The standard InChI is InChI=1S/C15H23NO4S/c1-11(2)15(12-4-6-13(19-3)7-5-12)16-21(17,18)14-8-9-20-10-14/h4-7,11,14-16H,8-10H2,1-3H3. The number of sulfonamides is 1. The number of hydrogen-bond donors (Lipinski definition) is 1. The fraction of sp³-hybridized carbons (Fsp3) is 0.600. The maximum atomic E-state index is 12.4. The molecule has 1 N–H and O–H groups in total. The molecule has 0 saturated carbocycles. The molecule has 2 rings (SSSR count). The minimum absolute atomic E-state index is 0.149. The molecule has 0 aromatic heterocycles. The van der Waals surface area contributed by atoms with Gasteiger partial charge in [0.15, 0.2) is 0 Å². The Hall–Kier alpha value is -1.11. The largest absolute Gasteiger partial charge is 0.497 e. The second-order valence-electron chi connectivity index (χ2n) is 5.64. The first-order chi connectivity index (χ1) is 9.94. The van der Waals surface area contributed by atoms with Crippen molar-refractivity contribution < 1.29 is 17.9 Å². The van der Waals surface area contributed by atoms with Crippen LogP contribution in [0.5, 0.6) is 5.75 Å². The zero-order chi connectivity index (χ0) is 15.5. The van der Waals surface area contributed by atoms with Gasteiger partial charge in [-0.2, -0.15) is 0 Å². The van der Waals surface area contributed by atoms with Crippen LogP contribution < -0.4 is 9.46 Å². The minimum Gasteiger partial charge on any atom is -0.497 e. The molecule has 0 spiro atoms. The van der Waals surface area contributed by atoms with E-state index in [1.54, 1.807) is 7.11 Å². The van der Waals surface area contributed by atoms with E-state index < -0.39 is 15.3 Å². The first-order valence-corrected chi connectivity index (χ1v) is 8.71. The van der Waals surface area contributed by atoms with Crippen molar-refractivity contribution in [2.45, 2.75) is 31.6 Å². The van der Waals surface area contributed by atoms with E-state index >= 15 is 0 Å². The van der Waals surface area contributed by atoms with Gasteiger partial charge in [-0.1, -0.05) is 26.0 Å². The molecule has 1 heterocycles. The molecular formula is C15H23NO4S. The van der Waals surface area contributed by atoms with Gasteiger partial charge in [0.1, 0.15) is 11.0 Å². The topological polar surface area (TPSA) is 64.6 Å². The van der Waals surface area contributed by atoms with Gasteiger partial charge in [-0.25, -0.2) is 13.1 Å². The molecule has 0 aliphatic carbocycles. The lowest BCUT2D eigenvalue weighted by molar-refractivity contribution is 0.198. The molecule has 1 fully saturated rings. The van der Waals surface area contributed by atoms with Crippen LogP contribution in [-0.4, -0.2) is 34.0 Å². The van der Waals surface area contributed by atoms with E-state index in [1.807, 2.05) is 38.1 Å². The Labute approximate surface area is 126 Å². The molecule has 0 amide bonds. The van der Waals surface area contributed by atoms with E-state index in [0.29, 0.717) is 13.0 Å². The van der Waals surface area contributed by atoms with E-state index in [2.05, 4.69) is 4.72 Å². The molecule has 5 nitrogen and oxygen atoms in total. The summed E-state index contributed by atoms with van der Waals surface area (Å²) in [5, 5.41) is -0.447. The quantitative estimate of drug-likeness (QED) is 0.873. The fourth-order valence-corrected chi connectivity index (χ4v) is 4.07. The normalized spacial score (nSPS) is 20.7. The van der Waals surface area contributed by atoms with Crippen LogP contribution in [0.3, 0.4) is 0 Å². The molecular weight excluding hydrogens is 290 g/mol. The highest BCUT2D eigenvalue weighted by Crippen LogP contribution is 2.26. The number of rotatable bonds is 6. The summed E-state index contributed by atoms with van der Waals surface area (Å²) in [4.78, 5) is 0. The van der Waals surface area contributed by atoms with Gasteiger partial charge in [0, 0.05) is 12.6 Å². The van der Waals surface area contributed by atoms with Crippen molar-refractivity contribution in [3.63, 3.8) is 0 Å². The second-order valence-corrected chi connectivity index (χ2v) is 7.64. The number of ether oxygens (including phenoxy) is 2. The van der Waals surface area contributed by atoms with Gasteiger partial charge in [0.05, 0.1) is 13.7 Å². The van der Waals surface area contributed by atoms with Gasteiger partial charge < -0.3 is 9.47 Å². The zero-order valence-electron chi connectivity index (χ0n) is 12.7. The lowest BCUT2D eigenvalue weighted by Gasteiger charge is -2.24. The van der Waals surface area contributed by atoms with Crippen LogP contribution in [-0.2, 0) is 14.8 Å². The molecule has 2 atom stereocenters. The molecule has 2 unspecified atom stereocenters. The summed E-state index contributed by atoms with van der Waals surface area (Å²) in [6.07, 6.45) is 0.558. The first kappa shape index (κ1) is 16.3. The molecule has 1 aliphatic heterocycles. The number of hydrogen-bond acceptors (Lipinski definition) is 4. The predicted molar refractivity (Wildman–Crippen MR) is 81.9 cm³/mol. The summed E-state index contributed by atoms with van der Waals surface area (Å²) in [6.45, 7) is 4.80. The van der Waals surface area contributed by atoms with Crippen LogP contribution in [0.1, 0.15) is 31.9 Å². The monoisotopic (exact) mass is 313 g/mol. The molecule has 118 valence electrons. The van der Waals surface area contributed by atoms with Gasteiger partial charge in [0.2, 0.25) is 10.0 Å². The Bertz CT molecular complexity index is 548. The molecule has 1 aromatic rings. The van der Waals surface area contributed by atoms with Gasteiger partial charge in [-0.3, -0.25) is 0 Å². The maximum absolute atomic E-state index is 12.4. The van der Waals surface area contributed by atoms with Gasteiger partial charge >= 0.3 is 0 Å². The lowest BCUT2D eigenvalue weighted by atomic mass is 9.97. The molecule has 1 aromatic carbocycles. The van der Waals surface area contributed by atoms with Crippen molar-refractivity contribution in [1.82, 2.24) is 4.72 Å². The molecule has 6 heteroatoms. The van der Waals surface area contributed by atoms with Crippen LogP contribution in [0.15, 0.2) is 24.3 Å². The second kappa shape index (κ2) is 6.77. The first-order valence-electron chi connectivity index (χ1n) is 7.17. The van der Waals surface area contributed by atoms with Crippen LogP contribution in [0, 0.1) is 5.92 Å². The fourth-order valence-electron chi connectivity index (χ4n) is 2.43. The van der Waals surface area contributed by atoms with E-state index in [4.69, 9.17) is 9.47 Å². The Balaban J connectivity index is 2.18. The van der Waals surface area contributed by atoms with E-state index in [9.17, 15) is 8.42 Å². The SMILES string of the molecule is COc1ccc(C(NS(=O)(=O)C2CCOC2)C(C)C)cc1. The highest BCUT2D eigenvalue weighted by Gasteiger charge is 2.32. The van der Waals surface area contributed by atoms with E-state index in [1.165, 1.54) is 0 Å². The maximum Gasteiger partial charge on any atom is 0.217 e. The summed E-state index contributed by atoms with van der Waals surface area (Å²) in [6, 6.07) is 7.24. The zero-order valence-corrected chi connectivity index (χ0v) is 13.5. The van der Waals surface area contributed by atoms with Crippen molar-refractivity contribution in [2.24, 2.45) is 5.92 Å². The van der Waals surface area contributed by atoms with Gasteiger partial charge in [-0.15, -0.1) is 0 Å². The summed E-state index contributed by atoms with van der Waals surface area (Å²) in [5.74, 6) is 0.906. The van der Waals surface area contributed by atoms with Gasteiger partial charge in [-0.05, 0) is 30.0 Å². The molecule has 0 bridgehead atoms. The van der Waals surface area contributed by atoms with Crippen molar-refractivity contribution in [1.29, 1.82) is 0 Å². The lowest BCUT2D eigenvalue weighted by Crippen LogP contribution is -2.39. The van der Waals surface area contributed by atoms with Crippen LogP contribution in [0.25, 0.3) is 0 Å². The average Bonchev–Trinajstić information content (AvgIpc) is 3.00. The number of nitrogens with one attached hydrogen (secondary N) is 1. The number of methoxy groups -OCH3 is 1. The molecule has 1 saturated heterocycles. The Morgan fingerprint density at radius 3 is 2.43 bits per heavy atom. The van der Waals surface area contributed by atoms with E-state index in [-0.39, 0.29) is 18.6 Å². The summed E-state index contributed by atoms with van der Waals surface area (Å²) >= 11 is 0. The van der Waals surface area contributed by atoms with Gasteiger partial charge in [0.25, 0.3) is 0 Å². The van der Waals surface area contributed by atoms with E-state index in [0.717, 1.165) is 11.3 Å². The molecule has 0 radical (unpaired) electrons. The summed E-state index contributed by atoms with van der Waals surface area (Å²) in [7, 11) is -1.77. The van der Waals surface area contributed by atoms with Crippen molar-refractivity contribution >= 4 is 10.0 Å². The van der Waals surface area contributed by atoms with Crippen LogP contribution in [0.2, 0.25) is 0 Å². The van der Waals surface area contributed by atoms with Crippen molar-refractivity contribution in [3.8, 4) is 5.75 Å². The predicted octanol–water partition coefficient (Wildman–Crippen LogP) is 2.10. The Morgan fingerprint density at radius 2 is 1.95 bits per heavy atom. The smallest absolute Gasteiger partial charge is 0.217 e. The highest BCUT2D eigenvalue weighted by molar-refractivity contribution is 7.90. The molecule has 1 aliphatic rings. The van der Waals surface area contributed by atoms with Crippen molar-refractivity contribution in [3.05, 3.63) is 29.8 Å².